The van der Waals surface area contributed by atoms with Gasteiger partial charge in [0.15, 0.2) is 0 Å². The first-order valence-electron chi connectivity index (χ1n) is 13.9. The van der Waals surface area contributed by atoms with E-state index in [2.05, 4.69) is 36.3 Å². The molecule has 0 radical (unpaired) electrons. The SMILES string of the molecule is CCC[C@@H]1C=C[C@H]2[C@@H](C(=O)N(CCCCCO)[C@@H]2C(=O)Nc2ccc(N(CC)CC)cc2)[C@@H]1C(=O)NC. The number of allylic oxidation sites excluding steroid dienone is 1. The number of anilines is 2. The highest BCUT2D eigenvalue weighted by Crippen LogP contribution is 2.45. The average Bonchev–Trinajstić information content (AvgIpc) is 3.19. The minimum absolute atomic E-state index is 0.0270. The summed E-state index contributed by atoms with van der Waals surface area (Å²) in [6, 6.07) is 7.10. The first-order chi connectivity index (χ1) is 17.9. The number of nitrogens with one attached hydrogen (secondary N) is 2. The molecule has 0 bridgehead atoms. The Morgan fingerprint density at radius 3 is 2.30 bits per heavy atom. The van der Waals surface area contributed by atoms with E-state index >= 15 is 0 Å². The molecule has 5 atom stereocenters. The molecule has 37 heavy (non-hydrogen) atoms. The van der Waals surface area contributed by atoms with Gasteiger partial charge in [-0.25, -0.2) is 0 Å². The minimum Gasteiger partial charge on any atom is -0.396 e. The summed E-state index contributed by atoms with van der Waals surface area (Å²) >= 11 is 0. The van der Waals surface area contributed by atoms with Crippen molar-refractivity contribution in [2.24, 2.45) is 23.7 Å². The predicted molar refractivity (Wildman–Crippen MR) is 147 cm³/mol. The lowest BCUT2D eigenvalue weighted by Gasteiger charge is -2.34. The number of benzene rings is 1. The van der Waals surface area contributed by atoms with Crippen LogP contribution in [0.1, 0.15) is 52.9 Å². The van der Waals surface area contributed by atoms with E-state index in [1.54, 1.807) is 11.9 Å². The quantitative estimate of drug-likeness (QED) is 0.278. The van der Waals surface area contributed by atoms with Crippen molar-refractivity contribution in [3.63, 3.8) is 0 Å². The molecule has 1 saturated heterocycles. The largest absolute Gasteiger partial charge is 0.396 e. The van der Waals surface area contributed by atoms with Crippen LogP contribution in [-0.2, 0) is 14.4 Å². The lowest BCUT2D eigenvalue weighted by atomic mass is 9.68. The van der Waals surface area contributed by atoms with Crippen molar-refractivity contribution >= 4 is 29.1 Å². The number of amides is 3. The fraction of sp³-hybridized carbons (Fsp3) is 0.621. The van der Waals surface area contributed by atoms with E-state index in [0.29, 0.717) is 25.1 Å². The number of carbonyl (C=O) groups is 3. The van der Waals surface area contributed by atoms with Crippen molar-refractivity contribution in [1.82, 2.24) is 10.2 Å². The molecule has 8 heteroatoms. The van der Waals surface area contributed by atoms with Gasteiger partial charge in [-0.1, -0.05) is 25.5 Å². The second kappa shape index (κ2) is 13.6. The molecule has 0 spiro atoms. The number of nitrogens with zero attached hydrogens (tertiary/aromatic N) is 2. The molecule has 1 aromatic carbocycles. The molecule has 3 amide bonds. The van der Waals surface area contributed by atoms with Gasteiger partial charge in [-0.15, -0.1) is 0 Å². The van der Waals surface area contributed by atoms with Crippen molar-refractivity contribution in [2.75, 3.05) is 43.5 Å². The summed E-state index contributed by atoms with van der Waals surface area (Å²) in [4.78, 5) is 44.4. The predicted octanol–water partition coefficient (Wildman–Crippen LogP) is 3.43. The van der Waals surface area contributed by atoms with Crippen LogP contribution in [0.4, 0.5) is 11.4 Å². The zero-order valence-corrected chi connectivity index (χ0v) is 22.8. The minimum atomic E-state index is -0.680. The monoisotopic (exact) mass is 512 g/mol. The molecule has 3 N–H and O–H groups in total. The van der Waals surface area contributed by atoms with Crippen LogP contribution >= 0.6 is 0 Å². The highest BCUT2D eigenvalue weighted by molar-refractivity contribution is 6.02. The van der Waals surface area contributed by atoms with E-state index < -0.39 is 17.9 Å². The van der Waals surface area contributed by atoms with Gasteiger partial charge in [0.2, 0.25) is 17.7 Å². The Morgan fingerprint density at radius 2 is 1.70 bits per heavy atom. The topological polar surface area (TPSA) is 102 Å². The van der Waals surface area contributed by atoms with Gasteiger partial charge in [-0.05, 0) is 69.7 Å². The smallest absolute Gasteiger partial charge is 0.247 e. The van der Waals surface area contributed by atoms with Crippen LogP contribution < -0.4 is 15.5 Å². The molecule has 204 valence electrons. The Kier molecular flexibility index (Phi) is 10.6. The Bertz CT molecular complexity index is 944. The van der Waals surface area contributed by atoms with Crippen LogP contribution in [0.3, 0.4) is 0 Å². The number of aliphatic hydroxyl groups excluding tert-OH is 1. The van der Waals surface area contributed by atoms with Gasteiger partial charge in [0.25, 0.3) is 0 Å². The maximum Gasteiger partial charge on any atom is 0.247 e. The second-order valence-corrected chi connectivity index (χ2v) is 10.0. The van der Waals surface area contributed by atoms with Crippen LogP contribution in [0.25, 0.3) is 0 Å². The molecule has 8 nitrogen and oxygen atoms in total. The molecule has 1 heterocycles. The molecule has 2 aliphatic rings. The van der Waals surface area contributed by atoms with Crippen molar-refractivity contribution in [3.8, 4) is 0 Å². The van der Waals surface area contributed by atoms with Crippen LogP contribution in [0.15, 0.2) is 36.4 Å². The number of hydrogen-bond acceptors (Lipinski definition) is 5. The number of fused-ring (bicyclic) bond motifs is 1. The van der Waals surface area contributed by atoms with Gasteiger partial charge in [0.1, 0.15) is 6.04 Å². The summed E-state index contributed by atoms with van der Waals surface area (Å²) < 4.78 is 0. The summed E-state index contributed by atoms with van der Waals surface area (Å²) in [6.45, 7) is 8.63. The van der Waals surface area contributed by atoms with Crippen LogP contribution in [-0.4, -0.2) is 67.1 Å². The van der Waals surface area contributed by atoms with Crippen molar-refractivity contribution < 1.29 is 19.5 Å². The molecule has 1 aromatic rings. The summed E-state index contributed by atoms with van der Waals surface area (Å²) in [5.74, 6) is -1.92. The highest BCUT2D eigenvalue weighted by atomic mass is 16.3. The Balaban J connectivity index is 1.89. The fourth-order valence-corrected chi connectivity index (χ4v) is 6.00. The molecule has 1 fully saturated rings. The molecule has 0 saturated carbocycles. The summed E-state index contributed by atoms with van der Waals surface area (Å²) in [5, 5.41) is 15.0. The number of carbonyl (C=O) groups excluding carboxylic acids is 3. The van der Waals surface area contributed by atoms with Crippen molar-refractivity contribution in [2.45, 2.75) is 58.9 Å². The highest BCUT2D eigenvalue weighted by Gasteiger charge is 2.56. The average molecular weight is 513 g/mol. The van der Waals surface area contributed by atoms with Crippen LogP contribution in [0.2, 0.25) is 0 Å². The molecule has 0 aromatic heterocycles. The fourth-order valence-electron chi connectivity index (χ4n) is 6.00. The van der Waals surface area contributed by atoms with Gasteiger partial charge >= 0.3 is 0 Å². The number of unbranched alkanes of at least 4 members (excludes halogenated alkanes) is 2. The third kappa shape index (κ3) is 6.35. The molecular formula is C29H44N4O4. The molecule has 1 aliphatic carbocycles. The Morgan fingerprint density at radius 1 is 1.00 bits per heavy atom. The lowest BCUT2D eigenvalue weighted by Crippen LogP contribution is -2.45. The second-order valence-electron chi connectivity index (χ2n) is 10.0. The van der Waals surface area contributed by atoms with Gasteiger partial charge in [0, 0.05) is 50.6 Å². The first-order valence-corrected chi connectivity index (χ1v) is 13.9. The van der Waals surface area contributed by atoms with E-state index in [0.717, 1.165) is 38.0 Å². The van der Waals surface area contributed by atoms with Gasteiger partial charge in [-0.2, -0.15) is 0 Å². The zero-order chi connectivity index (χ0) is 26.9. The third-order valence-electron chi connectivity index (χ3n) is 7.87. The van der Waals surface area contributed by atoms with E-state index in [9.17, 15) is 14.4 Å². The van der Waals surface area contributed by atoms with E-state index in [-0.39, 0.29) is 36.2 Å². The maximum atomic E-state index is 13.8. The van der Waals surface area contributed by atoms with Crippen LogP contribution in [0.5, 0.6) is 0 Å². The van der Waals surface area contributed by atoms with Gasteiger partial charge in [0.05, 0.1) is 11.8 Å². The zero-order valence-electron chi connectivity index (χ0n) is 22.8. The van der Waals surface area contributed by atoms with Crippen LogP contribution in [0, 0.1) is 23.7 Å². The summed E-state index contributed by atoms with van der Waals surface area (Å²) in [7, 11) is 1.61. The standard InChI is InChI=1S/C29H44N4O4/c1-5-11-20-12-17-23-25(24(20)27(35)30-4)29(37)33(18-9-8-10-19-34)26(23)28(36)31-21-13-15-22(16-14-21)32(6-2)7-3/h12-17,20,23-26,34H,5-11,18-19H2,1-4H3,(H,30,35)(H,31,36)/t20-,23+,24-,25-,26+/m1/s1. The Labute approximate surface area is 221 Å². The molecule has 1 aliphatic heterocycles. The first kappa shape index (κ1) is 28.7. The maximum absolute atomic E-state index is 13.8. The van der Waals surface area contributed by atoms with E-state index in [1.165, 1.54) is 0 Å². The molecular weight excluding hydrogens is 468 g/mol. The molecule has 3 rings (SSSR count). The third-order valence-corrected chi connectivity index (χ3v) is 7.87. The number of rotatable bonds is 13. The summed E-state index contributed by atoms with van der Waals surface area (Å²) in [5.41, 5.74) is 1.78. The van der Waals surface area contributed by atoms with E-state index in [1.807, 2.05) is 36.4 Å². The number of hydrogen-bond donors (Lipinski definition) is 3. The van der Waals surface area contributed by atoms with Crippen molar-refractivity contribution in [1.29, 1.82) is 0 Å². The number of likely N-dealkylation sites (tertiary alicyclic amines) is 1. The van der Waals surface area contributed by atoms with E-state index in [4.69, 9.17) is 5.11 Å². The number of aliphatic hydroxyl groups is 1. The normalized spacial score (nSPS) is 24.6. The summed E-state index contributed by atoms with van der Waals surface area (Å²) in [6.07, 6.45) is 7.90. The Hall–Kier alpha value is -2.87. The van der Waals surface area contributed by atoms with Crippen molar-refractivity contribution in [3.05, 3.63) is 36.4 Å². The van der Waals surface area contributed by atoms with Gasteiger partial charge < -0.3 is 25.5 Å². The van der Waals surface area contributed by atoms with Gasteiger partial charge in [-0.3, -0.25) is 14.4 Å². The lowest BCUT2D eigenvalue weighted by molar-refractivity contribution is -0.140. The molecule has 0 unspecified atom stereocenters.